The van der Waals surface area contributed by atoms with Crippen molar-refractivity contribution in [1.29, 1.82) is 0 Å². The van der Waals surface area contributed by atoms with Gasteiger partial charge in [-0.1, -0.05) is 54.1 Å². The molecule has 0 spiro atoms. The fourth-order valence-electron chi connectivity index (χ4n) is 3.29. The third kappa shape index (κ3) is 5.90. The van der Waals surface area contributed by atoms with E-state index in [1.165, 1.54) is 22.9 Å². The van der Waals surface area contributed by atoms with Gasteiger partial charge in [0.2, 0.25) is 0 Å². The first-order valence-corrected chi connectivity index (χ1v) is 10.8. The number of nitrogens with zero attached hydrogens (tertiary/aromatic N) is 1. The van der Waals surface area contributed by atoms with Gasteiger partial charge in [-0.3, -0.25) is 9.59 Å². The van der Waals surface area contributed by atoms with Crippen LogP contribution in [0, 0.1) is 0 Å². The van der Waals surface area contributed by atoms with E-state index < -0.39 is 11.9 Å². The molecule has 8 heteroatoms. The normalized spacial score (nSPS) is 10.4. The number of nitrogens with one attached hydrogen (secondary N) is 3. The molecule has 3 amide bonds. The molecule has 0 aliphatic carbocycles. The number of halogens is 1. The molecule has 0 aliphatic rings. The molecule has 0 aliphatic heterocycles. The fourth-order valence-corrected chi connectivity index (χ4v) is 3.49. The Labute approximate surface area is 201 Å². The lowest BCUT2D eigenvalue weighted by molar-refractivity contribution is 0.102. The average molecular weight is 473 g/mol. The van der Waals surface area contributed by atoms with Gasteiger partial charge in [0.1, 0.15) is 0 Å². The summed E-state index contributed by atoms with van der Waals surface area (Å²) in [7, 11) is 0. The Morgan fingerprint density at radius 2 is 1.38 bits per heavy atom. The summed E-state index contributed by atoms with van der Waals surface area (Å²) in [5.41, 5.74) is 2.51. The molecule has 4 rings (SSSR count). The maximum Gasteiger partial charge on any atom is 0.323 e. The molecule has 0 atom stereocenters. The Morgan fingerprint density at radius 3 is 2.15 bits per heavy atom. The molecule has 7 nitrogen and oxygen atoms in total. The van der Waals surface area contributed by atoms with Crippen molar-refractivity contribution in [3.8, 4) is 0 Å². The van der Waals surface area contributed by atoms with Crippen LogP contribution < -0.4 is 21.5 Å². The second-order valence-electron chi connectivity index (χ2n) is 7.46. The van der Waals surface area contributed by atoms with Gasteiger partial charge in [-0.05, 0) is 48.0 Å². The summed E-state index contributed by atoms with van der Waals surface area (Å²) in [5.74, 6) is -0.390. The largest absolute Gasteiger partial charge is 0.323 e. The summed E-state index contributed by atoms with van der Waals surface area (Å²) in [6, 6.07) is 25.5. The molecule has 1 aromatic heterocycles. The molecule has 4 aromatic rings. The third-order valence-corrected chi connectivity index (χ3v) is 5.32. The quantitative estimate of drug-likeness (QED) is 0.348. The Hall–Kier alpha value is -4.36. The number of anilines is 3. The van der Waals surface area contributed by atoms with Gasteiger partial charge < -0.3 is 20.5 Å². The van der Waals surface area contributed by atoms with Gasteiger partial charge in [0.25, 0.3) is 11.5 Å². The number of urea groups is 1. The molecule has 0 bridgehead atoms. The van der Waals surface area contributed by atoms with Gasteiger partial charge in [0, 0.05) is 34.3 Å². The van der Waals surface area contributed by atoms with Gasteiger partial charge in [0.15, 0.2) is 0 Å². The number of carbonyl (C=O) groups is 2. The number of para-hydroxylation sites is 1. The van der Waals surface area contributed by atoms with Crippen LogP contribution in [0.3, 0.4) is 0 Å². The first kappa shape index (κ1) is 22.8. The smallest absolute Gasteiger partial charge is 0.322 e. The van der Waals surface area contributed by atoms with E-state index in [1.54, 1.807) is 42.5 Å². The summed E-state index contributed by atoms with van der Waals surface area (Å²) in [6.45, 7) is 0.246. The zero-order valence-electron chi connectivity index (χ0n) is 18.0. The van der Waals surface area contributed by atoms with Crippen molar-refractivity contribution < 1.29 is 9.59 Å². The maximum absolute atomic E-state index is 12.8. The van der Waals surface area contributed by atoms with Crippen LogP contribution in [0.1, 0.15) is 15.9 Å². The number of benzene rings is 3. The van der Waals surface area contributed by atoms with Crippen LogP contribution in [0.4, 0.5) is 21.9 Å². The van der Waals surface area contributed by atoms with Gasteiger partial charge in [-0.15, -0.1) is 0 Å². The lowest BCUT2D eigenvalue weighted by Gasteiger charge is -2.11. The van der Waals surface area contributed by atoms with Gasteiger partial charge in [-0.25, -0.2) is 4.79 Å². The minimum absolute atomic E-state index is 0.243. The van der Waals surface area contributed by atoms with Crippen LogP contribution in [0.5, 0.6) is 0 Å². The predicted octanol–water partition coefficient (Wildman–Crippen LogP) is 5.45. The van der Waals surface area contributed by atoms with Crippen LogP contribution in [0.25, 0.3) is 0 Å². The second kappa shape index (κ2) is 10.5. The average Bonchev–Trinajstić information content (AvgIpc) is 2.82. The van der Waals surface area contributed by atoms with Crippen molar-refractivity contribution in [3.63, 3.8) is 0 Å². The molecular formula is C26H21ClN4O3. The SMILES string of the molecule is O=C(Nc1ccccc1)Nc1cccc(NC(=O)c2ccc(=O)n(Cc3ccccc3Cl)c2)c1. The van der Waals surface area contributed by atoms with E-state index in [0.29, 0.717) is 27.6 Å². The van der Waals surface area contributed by atoms with Crippen molar-refractivity contribution >= 4 is 40.6 Å². The maximum atomic E-state index is 12.8. The Balaban J connectivity index is 1.44. The molecular weight excluding hydrogens is 452 g/mol. The van der Waals surface area contributed by atoms with Crippen molar-refractivity contribution in [2.45, 2.75) is 6.54 Å². The molecule has 1 heterocycles. The van der Waals surface area contributed by atoms with Crippen molar-refractivity contribution in [2.75, 3.05) is 16.0 Å². The zero-order valence-corrected chi connectivity index (χ0v) is 18.8. The molecule has 34 heavy (non-hydrogen) atoms. The fraction of sp³-hybridized carbons (Fsp3) is 0.0385. The lowest BCUT2D eigenvalue weighted by atomic mass is 10.2. The highest BCUT2D eigenvalue weighted by atomic mass is 35.5. The number of hydrogen-bond donors (Lipinski definition) is 3. The molecule has 0 saturated carbocycles. The summed E-state index contributed by atoms with van der Waals surface area (Å²) in [5, 5.41) is 8.80. The molecule has 0 radical (unpaired) electrons. The highest BCUT2D eigenvalue weighted by Crippen LogP contribution is 2.18. The summed E-state index contributed by atoms with van der Waals surface area (Å²) in [4.78, 5) is 37.3. The number of pyridine rings is 1. The number of amides is 3. The highest BCUT2D eigenvalue weighted by Gasteiger charge is 2.11. The van der Waals surface area contributed by atoms with Crippen LogP contribution in [0.15, 0.2) is 102 Å². The minimum atomic E-state index is -0.402. The van der Waals surface area contributed by atoms with Crippen LogP contribution in [0.2, 0.25) is 5.02 Å². The van der Waals surface area contributed by atoms with Gasteiger partial charge in [0.05, 0.1) is 12.1 Å². The Kier molecular flexibility index (Phi) is 7.05. The minimum Gasteiger partial charge on any atom is -0.322 e. The van der Waals surface area contributed by atoms with Gasteiger partial charge in [-0.2, -0.15) is 0 Å². The zero-order chi connectivity index (χ0) is 23.9. The third-order valence-electron chi connectivity index (χ3n) is 4.95. The number of aromatic nitrogens is 1. The Morgan fingerprint density at radius 1 is 0.735 bits per heavy atom. The van der Waals surface area contributed by atoms with Crippen molar-refractivity contribution in [3.05, 3.63) is 124 Å². The van der Waals surface area contributed by atoms with E-state index in [0.717, 1.165) is 5.56 Å². The van der Waals surface area contributed by atoms with Crippen LogP contribution in [-0.4, -0.2) is 16.5 Å². The van der Waals surface area contributed by atoms with E-state index in [4.69, 9.17) is 11.6 Å². The van der Waals surface area contributed by atoms with E-state index in [2.05, 4.69) is 16.0 Å². The lowest BCUT2D eigenvalue weighted by Crippen LogP contribution is -2.23. The number of hydrogen-bond acceptors (Lipinski definition) is 3. The summed E-state index contributed by atoms with van der Waals surface area (Å²) < 4.78 is 1.43. The molecule has 3 aromatic carbocycles. The molecule has 0 saturated heterocycles. The number of rotatable bonds is 6. The summed E-state index contributed by atoms with van der Waals surface area (Å²) >= 11 is 6.20. The monoisotopic (exact) mass is 472 g/mol. The molecule has 0 unspecified atom stereocenters. The van der Waals surface area contributed by atoms with E-state index in [-0.39, 0.29) is 12.1 Å². The molecule has 170 valence electrons. The first-order chi connectivity index (χ1) is 16.5. The van der Waals surface area contributed by atoms with Gasteiger partial charge >= 0.3 is 6.03 Å². The topological polar surface area (TPSA) is 92.2 Å². The Bertz CT molecular complexity index is 1390. The standard InChI is InChI=1S/C26H21ClN4O3/c27-23-12-5-4-7-18(23)16-31-17-19(13-14-24(31)32)25(33)28-21-10-6-11-22(15-21)30-26(34)29-20-8-2-1-3-9-20/h1-15,17H,16H2,(H,28,33)(H2,29,30,34). The van der Waals surface area contributed by atoms with E-state index in [9.17, 15) is 14.4 Å². The van der Waals surface area contributed by atoms with E-state index >= 15 is 0 Å². The van der Waals surface area contributed by atoms with Crippen molar-refractivity contribution in [1.82, 2.24) is 4.57 Å². The second-order valence-corrected chi connectivity index (χ2v) is 7.86. The summed E-state index contributed by atoms with van der Waals surface area (Å²) in [6.07, 6.45) is 1.50. The molecule has 3 N–H and O–H groups in total. The highest BCUT2D eigenvalue weighted by molar-refractivity contribution is 6.31. The first-order valence-electron chi connectivity index (χ1n) is 10.5. The van der Waals surface area contributed by atoms with Crippen LogP contribution in [-0.2, 0) is 6.54 Å². The number of carbonyl (C=O) groups excluding carboxylic acids is 2. The van der Waals surface area contributed by atoms with Crippen LogP contribution >= 0.6 is 11.6 Å². The molecule has 0 fully saturated rings. The predicted molar refractivity (Wildman–Crippen MR) is 135 cm³/mol. The van der Waals surface area contributed by atoms with E-state index in [1.807, 2.05) is 36.4 Å². The van der Waals surface area contributed by atoms with Crippen molar-refractivity contribution in [2.24, 2.45) is 0 Å².